The molecule has 0 saturated carbocycles. The van der Waals surface area contributed by atoms with Crippen LogP contribution in [0.25, 0.3) is 10.9 Å². The van der Waals surface area contributed by atoms with Crippen molar-refractivity contribution in [2.45, 2.75) is 43.6 Å². The average Bonchev–Trinajstić information content (AvgIpc) is 2.85. The van der Waals surface area contributed by atoms with E-state index >= 15 is 0 Å². The van der Waals surface area contributed by atoms with Gasteiger partial charge in [0.2, 0.25) is 5.91 Å². The zero-order valence-corrected chi connectivity index (χ0v) is 19.9. The number of para-hydroxylation sites is 1. The molecule has 174 valence electrons. The standard InChI is InChI=1S/C25H30N4O3S/c1-3-4-13-29-24(31)21-7-5-6-8-22(21)27-25(29)33-18(2)23(30)26-19-9-11-20(12-10-19)28-14-16-32-17-15-28/h5-12,18H,3-4,13-17H2,1-2H3,(H,26,30)/t18-/m0/s1. The van der Waals surface area contributed by atoms with Crippen molar-refractivity contribution in [1.29, 1.82) is 0 Å². The molecule has 0 bridgehead atoms. The molecule has 0 spiro atoms. The molecule has 0 unspecified atom stereocenters. The Hall–Kier alpha value is -2.84. The number of nitrogens with zero attached hydrogens (tertiary/aromatic N) is 3. The van der Waals surface area contributed by atoms with Gasteiger partial charge >= 0.3 is 0 Å². The number of nitrogens with one attached hydrogen (secondary N) is 1. The van der Waals surface area contributed by atoms with E-state index in [1.54, 1.807) is 10.6 Å². The monoisotopic (exact) mass is 466 g/mol. The highest BCUT2D eigenvalue weighted by Gasteiger charge is 2.20. The van der Waals surface area contributed by atoms with E-state index in [4.69, 9.17) is 9.72 Å². The number of thioether (sulfide) groups is 1. The second-order valence-electron chi connectivity index (χ2n) is 8.12. The number of carbonyl (C=O) groups is 1. The minimum atomic E-state index is -0.412. The minimum absolute atomic E-state index is 0.0529. The van der Waals surface area contributed by atoms with Crippen molar-refractivity contribution in [3.63, 3.8) is 0 Å². The molecular formula is C25H30N4O3S. The molecular weight excluding hydrogens is 436 g/mol. The number of unbranched alkanes of at least 4 members (excludes halogenated alkanes) is 1. The Morgan fingerprint density at radius 1 is 1.15 bits per heavy atom. The van der Waals surface area contributed by atoms with Crippen molar-refractivity contribution in [1.82, 2.24) is 9.55 Å². The third-order valence-electron chi connectivity index (χ3n) is 5.72. The van der Waals surface area contributed by atoms with E-state index < -0.39 is 5.25 Å². The van der Waals surface area contributed by atoms with Crippen LogP contribution in [0.3, 0.4) is 0 Å². The Morgan fingerprint density at radius 2 is 1.88 bits per heavy atom. The molecule has 1 amide bonds. The Kier molecular flexibility index (Phi) is 7.67. The summed E-state index contributed by atoms with van der Waals surface area (Å²) in [4.78, 5) is 32.9. The van der Waals surface area contributed by atoms with Crippen LogP contribution in [-0.2, 0) is 16.1 Å². The molecule has 1 atom stereocenters. The lowest BCUT2D eigenvalue weighted by Gasteiger charge is -2.28. The zero-order chi connectivity index (χ0) is 23.2. The van der Waals surface area contributed by atoms with Crippen LogP contribution in [0.5, 0.6) is 0 Å². The van der Waals surface area contributed by atoms with E-state index in [1.807, 2.05) is 49.4 Å². The van der Waals surface area contributed by atoms with Gasteiger partial charge in [-0.05, 0) is 49.7 Å². The number of hydrogen-bond donors (Lipinski definition) is 1. The molecule has 1 aliphatic rings. The quantitative estimate of drug-likeness (QED) is 0.397. The van der Waals surface area contributed by atoms with Gasteiger partial charge in [-0.15, -0.1) is 0 Å². The largest absolute Gasteiger partial charge is 0.378 e. The molecule has 0 radical (unpaired) electrons. The van der Waals surface area contributed by atoms with Gasteiger partial charge in [-0.1, -0.05) is 37.2 Å². The van der Waals surface area contributed by atoms with Crippen molar-refractivity contribution < 1.29 is 9.53 Å². The van der Waals surface area contributed by atoms with Crippen molar-refractivity contribution >= 4 is 39.9 Å². The zero-order valence-electron chi connectivity index (χ0n) is 19.1. The SMILES string of the molecule is CCCCn1c(S[C@@H](C)C(=O)Nc2ccc(N3CCOCC3)cc2)nc2ccccc2c1=O. The van der Waals surface area contributed by atoms with Crippen LogP contribution in [-0.4, -0.2) is 47.0 Å². The third-order valence-corrected chi connectivity index (χ3v) is 6.81. The predicted molar refractivity (Wildman–Crippen MR) is 134 cm³/mol. The molecule has 3 aromatic rings. The van der Waals surface area contributed by atoms with Crippen molar-refractivity contribution in [3.8, 4) is 0 Å². The lowest BCUT2D eigenvalue weighted by molar-refractivity contribution is -0.115. The molecule has 2 heterocycles. The first-order chi connectivity index (χ1) is 16.1. The van der Waals surface area contributed by atoms with Crippen LogP contribution in [0.15, 0.2) is 58.5 Å². The summed E-state index contributed by atoms with van der Waals surface area (Å²) in [5.41, 5.74) is 2.48. The Bertz CT molecular complexity index is 1160. The number of rotatable bonds is 8. The topological polar surface area (TPSA) is 76.5 Å². The fraction of sp³-hybridized carbons (Fsp3) is 0.400. The van der Waals surface area contributed by atoms with Crippen molar-refractivity contribution in [3.05, 3.63) is 58.9 Å². The number of morpholine rings is 1. The number of anilines is 2. The van der Waals surface area contributed by atoms with E-state index in [2.05, 4.69) is 17.1 Å². The highest BCUT2D eigenvalue weighted by Crippen LogP contribution is 2.25. The molecule has 1 aliphatic heterocycles. The van der Waals surface area contributed by atoms with Crippen LogP contribution in [0.1, 0.15) is 26.7 Å². The van der Waals surface area contributed by atoms with Gasteiger partial charge < -0.3 is 15.0 Å². The van der Waals surface area contributed by atoms with E-state index in [1.165, 1.54) is 11.8 Å². The summed E-state index contributed by atoms with van der Waals surface area (Å²) in [6.45, 7) is 7.74. The molecule has 1 N–H and O–H groups in total. The fourth-order valence-corrected chi connectivity index (χ4v) is 4.72. The van der Waals surface area contributed by atoms with Gasteiger partial charge in [0.25, 0.3) is 5.56 Å². The molecule has 0 aliphatic carbocycles. The Balaban J connectivity index is 1.47. The first-order valence-corrected chi connectivity index (χ1v) is 12.3. The lowest BCUT2D eigenvalue weighted by atomic mass is 10.2. The van der Waals surface area contributed by atoms with Crippen molar-refractivity contribution in [2.24, 2.45) is 0 Å². The van der Waals surface area contributed by atoms with Gasteiger partial charge in [-0.25, -0.2) is 4.98 Å². The van der Waals surface area contributed by atoms with Gasteiger partial charge in [0.05, 0.1) is 29.4 Å². The average molecular weight is 467 g/mol. The van der Waals surface area contributed by atoms with Gasteiger partial charge in [-0.2, -0.15) is 0 Å². The maximum atomic E-state index is 13.1. The fourth-order valence-electron chi connectivity index (χ4n) is 3.78. The summed E-state index contributed by atoms with van der Waals surface area (Å²) >= 11 is 1.32. The summed E-state index contributed by atoms with van der Waals surface area (Å²) in [5.74, 6) is -0.122. The van der Waals surface area contributed by atoms with E-state index in [9.17, 15) is 9.59 Å². The molecule has 7 nitrogen and oxygen atoms in total. The predicted octanol–water partition coefficient (Wildman–Crippen LogP) is 4.15. The Labute approximate surface area is 198 Å². The normalized spacial score (nSPS) is 14.9. The van der Waals surface area contributed by atoms with E-state index in [0.717, 1.165) is 50.5 Å². The molecule has 4 rings (SSSR count). The summed E-state index contributed by atoms with van der Waals surface area (Å²) in [7, 11) is 0. The maximum absolute atomic E-state index is 13.1. The first-order valence-electron chi connectivity index (χ1n) is 11.5. The first kappa shape index (κ1) is 23.3. The molecule has 1 saturated heterocycles. The number of fused-ring (bicyclic) bond motifs is 1. The number of ether oxygens (including phenoxy) is 1. The summed E-state index contributed by atoms with van der Waals surface area (Å²) < 4.78 is 7.11. The number of amides is 1. The van der Waals surface area contributed by atoms with Crippen LogP contribution >= 0.6 is 11.8 Å². The number of hydrogen-bond acceptors (Lipinski definition) is 6. The second kappa shape index (κ2) is 10.9. The van der Waals surface area contributed by atoms with Crippen LogP contribution in [0, 0.1) is 0 Å². The molecule has 33 heavy (non-hydrogen) atoms. The van der Waals surface area contributed by atoms with Gasteiger partial charge in [-0.3, -0.25) is 14.2 Å². The van der Waals surface area contributed by atoms with Crippen LogP contribution < -0.4 is 15.8 Å². The number of benzene rings is 2. The van der Waals surface area contributed by atoms with E-state index in [-0.39, 0.29) is 11.5 Å². The van der Waals surface area contributed by atoms with E-state index in [0.29, 0.717) is 22.6 Å². The van der Waals surface area contributed by atoms with Gasteiger partial charge in [0, 0.05) is 31.0 Å². The summed E-state index contributed by atoms with van der Waals surface area (Å²) in [5, 5.41) is 3.76. The highest BCUT2D eigenvalue weighted by molar-refractivity contribution is 8.00. The highest BCUT2D eigenvalue weighted by atomic mass is 32.2. The van der Waals surface area contributed by atoms with Crippen LogP contribution in [0.2, 0.25) is 0 Å². The summed E-state index contributed by atoms with van der Waals surface area (Å²) in [6.07, 6.45) is 1.85. The molecule has 2 aromatic carbocycles. The number of aromatic nitrogens is 2. The van der Waals surface area contributed by atoms with Crippen LogP contribution in [0.4, 0.5) is 11.4 Å². The van der Waals surface area contributed by atoms with Gasteiger partial charge in [0.15, 0.2) is 5.16 Å². The minimum Gasteiger partial charge on any atom is -0.378 e. The maximum Gasteiger partial charge on any atom is 0.262 e. The van der Waals surface area contributed by atoms with Gasteiger partial charge in [0.1, 0.15) is 0 Å². The summed E-state index contributed by atoms with van der Waals surface area (Å²) in [6, 6.07) is 15.2. The molecule has 8 heteroatoms. The molecule has 1 fully saturated rings. The smallest absolute Gasteiger partial charge is 0.262 e. The lowest BCUT2D eigenvalue weighted by Crippen LogP contribution is -2.36. The van der Waals surface area contributed by atoms with Crippen molar-refractivity contribution in [2.75, 3.05) is 36.5 Å². The third kappa shape index (κ3) is 5.57. The Morgan fingerprint density at radius 3 is 2.61 bits per heavy atom. The number of carbonyl (C=O) groups excluding carboxylic acids is 1. The molecule has 1 aromatic heterocycles. The second-order valence-corrected chi connectivity index (χ2v) is 9.43.